The summed E-state index contributed by atoms with van der Waals surface area (Å²) in [6.45, 7) is 3.67. The highest BCUT2D eigenvalue weighted by Gasteiger charge is 2.35. The Balaban J connectivity index is 1.37. The van der Waals surface area contributed by atoms with Gasteiger partial charge in [-0.1, -0.05) is 18.2 Å². The monoisotopic (exact) mass is 489 g/mol. The number of furan rings is 1. The molecule has 2 aliphatic rings. The van der Waals surface area contributed by atoms with Crippen molar-refractivity contribution in [3.63, 3.8) is 0 Å². The van der Waals surface area contributed by atoms with Gasteiger partial charge in [-0.2, -0.15) is 5.10 Å². The largest absolute Gasteiger partial charge is 0.484 e. The van der Waals surface area contributed by atoms with Gasteiger partial charge in [0.25, 0.3) is 11.8 Å². The maximum atomic E-state index is 13.8. The lowest BCUT2D eigenvalue weighted by molar-refractivity contribution is -0.123. The quantitative estimate of drug-likeness (QED) is 0.515. The third kappa shape index (κ3) is 4.63. The Kier molecular flexibility index (Phi) is 6.59. The Morgan fingerprint density at radius 3 is 2.78 bits per heavy atom. The molecule has 1 atom stereocenters. The molecular formula is C28H28FN3O4. The first-order chi connectivity index (χ1) is 17.4. The molecule has 1 aromatic heterocycles. The number of hydrogen-bond acceptors (Lipinski definition) is 5. The molecule has 2 amide bonds. The number of nitrogens with zero attached hydrogens (tertiary/aromatic N) is 2. The Labute approximate surface area is 208 Å². The molecule has 1 aliphatic heterocycles. The minimum atomic E-state index is -0.373. The first-order valence-corrected chi connectivity index (χ1v) is 12.2. The number of fused-ring (bicyclic) bond motifs is 2. The summed E-state index contributed by atoms with van der Waals surface area (Å²) in [7, 11) is 0. The molecule has 0 radical (unpaired) electrons. The number of benzene rings is 2. The normalized spacial score (nSPS) is 17.9. The van der Waals surface area contributed by atoms with E-state index in [0.29, 0.717) is 41.3 Å². The summed E-state index contributed by atoms with van der Waals surface area (Å²) in [5.74, 6) is 0.628. The van der Waals surface area contributed by atoms with Crippen LogP contribution in [0.4, 0.5) is 10.1 Å². The van der Waals surface area contributed by atoms with Crippen molar-refractivity contribution in [2.45, 2.75) is 52.0 Å². The van der Waals surface area contributed by atoms with E-state index in [1.165, 1.54) is 12.1 Å². The molecule has 0 spiro atoms. The van der Waals surface area contributed by atoms with Crippen LogP contribution < -0.4 is 15.1 Å². The zero-order valence-corrected chi connectivity index (χ0v) is 20.3. The summed E-state index contributed by atoms with van der Waals surface area (Å²) in [4.78, 5) is 27.7. The number of rotatable bonds is 5. The number of hydrogen-bond donors (Lipinski definition) is 1. The Morgan fingerprint density at radius 2 is 1.97 bits per heavy atom. The standard InChI is InChI=1S/C28H28FN3O4/c1-17-11-12-19-15-20(29)13-14-23(19)32(17)28(34)27-18(2)26-22(9-6-10-24(26)36-27)30-31-25(33)16-35-21-7-4-3-5-8-21/h3-5,7-8,13-15,17H,6,9-12,16H2,1-2H3,(H,31,33)/b30-22+. The first-order valence-electron chi connectivity index (χ1n) is 12.2. The van der Waals surface area contributed by atoms with Crippen LogP contribution in [0.5, 0.6) is 5.75 Å². The summed E-state index contributed by atoms with van der Waals surface area (Å²) >= 11 is 0. The number of amides is 2. The second kappa shape index (κ2) is 9.97. The van der Waals surface area contributed by atoms with Crippen LogP contribution in [0.25, 0.3) is 0 Å². The SMILES string of the molecule is Cc1c(C(=O)N2c3ccc(F)cc3CCC2C)oc2c1/C(=N/NC(=O)COc1ccccc1)CCC2. The van der Waals surface area contributed by atoms with Crippen LogP contribution in [0.15, 0.2) is 58.0 Å². The maximum Gasteiger partial charge on any atom is 0.294 e. The molecule has 0 fully saturated rings. The van der Waals surface area contributed by atoms with Gasteiger partial charge < -0.3 is 14.1 Å². The van der Waals surface area contributed by atoms with E-state index in [1.807, 2.05) is 32.0 Å². The second-order valence-corrected chi connectivity index (χ2v) is 9.24. The number of nitrogens with one attached hydrogen (secondary N) is 1. The van der Waals surface area contributed by atoms with E-state index in [9.17, 15) is 14.0 Å². The second-order valence-electron chi connectivity index (χ2n) is 9.24. The van der Waals surface area contributed by atoms with Gasteiger partial charge in [-0.05, 0) is 75.4 Å². The van der Waals surface area contributed by atoms with E-state index < -0.39 is 0 Å². The fourth-order valence-corrected chi connectivity index (χ4v) is 4.95. The van der Waals surface area contributed by atoms with Crippen molar-refractivity contribution in [2.75, 3.05) is 11.5 Å². The number of carbonyl (C=O) groups excluding carboxylic acids is 2. The molecule has 2 aromatic carbocycles. The number of carbonyl (C=O) groups is 2. The minimum absolute atomic E-state index is 0.0472. The van der Waals surface area contributed by atoms with E-state index in [-0.39, 0.29) is 36.0 Å². The van der Waals surface area contributed by atoms with Crippen molar-refractivity contribution in [2.24, 2.45) is 5.10 Å². The molecule has 7 nitrogen and oxygen atoms in total. The minimum Gasteiger partial charge on any atom is -0.484 e. The fourth-order valence-electron chi connectivity index (χ4n) is 4.95. The smallest absolute Gasteiger partial charge is 0.294 e. The lowest BCUT2D eigenvalue weighted by atomic mass is 9.92. The van der Waals surface area contributed by atoms with Crippen LogP contribution in [0.1, 0.15) is 59.2 Å². The van der Waals surface area contributed by atoms with Crippen molar-refractivity contribution < 1.29 is 23.1 Å². The van der Waals surface area contributed by atoms with Crippen LogP contribution in [0.3, 0.4) is 0 Å². The van der Waals surface area contributed by atoms with Gasteiger partial charge in [-0.15, -0.1) is 0 Å². The van der Waals surface area contributed by atoms with E-state index >= 15 is 0 Å². The molecule has 5 rings (SSSR count). The lowest BCUT2D eigenvalue weighted by Gasteiger charge is -2.34. The predicted octanol–water partition coefficient (Wildman–Crippen LogP) is 4.94. The van der Waals surface area contributed by atoms with E-state index in [0.717, 1.165) is 30.4 Å². The van der Waals surface area contributed by atoms with E-state index in [4.69, 9.17) is 9.15 Å². The Morgan fingerprint density at radius 1 is 1.17 bits per heavy atom. The Bertz CT molecular complexity index is 1330. The molecular weight excluding hydrogens is 461 g/mol. The number of aryl methyl sites for hydroxylation is 2. The number of halogens is 1. The van der Waals surface area contributed by atoms with Crippen molar-refractivity contribution in [3.8, 4) is 5.75 Å². The zero-order chi connectivity index (χ0) is 25.2. The summed E-state index contributed by atoms with van der Waals surface area (Å²) in [5, 5.41) is 4.35. The molecule has 36 heavy (non-hydrogen) atoms. The third-order valence-corrected chi connectivity index (χ3v) is 6.74. The van der Waals surface area contributed by atoms with Crippen LogP contribution in [0.2, 0.25) is 0 Å². The van der Waals surface area contributed by atoms with Gasteiger partial charge in [0.1, 0.15) is 17.3 Å². The molecule has 1 aliphatic carbocycles. The molecule has 2 heterocycles. The topological polar surface area (TPSA) is 84.1 Å². The highest BCUT2D eigenvalue weighted by atomic mass is 19.1. The summed E-state index contributed by atoms with van der Waals surface area (Å²) < 4.78 is 25.4. The first kappa shape index (κ1) is 23.8. The number of para-hydroxylation sites is 1. The number of anilines is 1. The molecule has 186 valence electrons. The zero-order valence-electron chi connectivity index (χ0n) is 20.3. The van der Waals surface area contributed by atoms with Gasteiger partial charge in [0.2, 0.25) is 0 Å². The van der Waals surface area contributed by atoms with Crippen molar-refractivity contribution >= 4 is 23.2 Å². The van der Waals surface area contributed by atoms with Crippen molar-refractivity contribution in [1.29, 1.82) is 0 Å². The van der Waals surface area contributed by atoms with Crippen molar-refractivity contribution in [3.05, 3.63) is 82.6 Å². The molecule has 0 saturated carbocycles. The molecule has 3 aromatic rings. The molecule has 1 N–H and O–H groups in total. The van der Waals surface area contributed by atoms with Gasteiger partial charge in [-0.25, -0.2) is 9.82 Å². The van der Waals surface area contributed by atoms with Gasteiger partial charge in [0, 0.05) is 29.3 Å². The maximum absolute atomic E-state index is 13.8. The van der Waals surface area contributed by atoms with Crippen LogP contribution >= 0.6 is 0 Å². The third-order valence-electron chi connectivity index (χ3n) is 6.74. The van der Waals surface area contributed by atoms with Crippen LogP contribution in [-0.2, 0) is 17.6 Å². The molecule has 0 saturated heterocycles. The summed E-state index contributed by atoms with van der Waals surface area (Å²) in [6.07, 6.45) is 3.60. The van der Waals surface area contributed by atoms with Gasteiger partial charge in [0.05, 0.1) is 5.71 Å². The fraction of sp³-hybridized carbons (Fsp3) is 0.321. The highest BCUT2D eigenvalue weighted by molar-refractivity contribution is 6.10. The molecule has 0 bridgehead atoms. The predicted molar refractivity (Wildman–Crippen MR) is 134 cm³/mol. The molecule has 8 heteroatoms. The number of ether oxygens (including phenoxy) is 1. The van der Waals surface area contributed by atoms with E-state index in [1.54, 1.807) is 23.1 Å². The van der Waals surface area contributed by atoms with E-state index in [2.05, 4.69) is 10.5 Å². The molecule has 1 unspecified atom stereocenters. The van der Waals surface area contributed by atoms with Gasteiger partial charge in [-0.3, -0.25) is 9.59 Å². The average molecular weight is 490 g/mol. The van der Waals surface area contributed by atoms with Gasteiger partial charge >= 0.3 is 0 Å². The summed E-state index contributed by atoms with van der Waals surface area (Å²) in [6, 6.07) is 13.6. The lowest BCUT2D eigenvalue weighted by Crippen LogP contribution is -2.42. The number of hydrazone groups is 1. The van der Waals surface area contributed by atoms with Crippen LogP contribution in [-0.4, -0.2) is 30.2 Å². The highest BCUT2D eigenvalue weighted by Crippen LogP contribution is 2.36. The summed E-state index contributed by atoms with van der Waals surface area (Å²) in [5.41, 5.74) is 6.26. The average Bonchev–Trinajstić information content (AvgIpc) is 3.23. The van der Waals surface area contributed by atoms with Crippen LogP contribution in [0, 0.1) is 12.7 Å². The van der Waals surface area contributed by atoms with Crippen molar-refractivity contribution in [1.82, 2.24) is 5.43 Å². The Hall–Kier alpha value is -3.94. The van der Waals surface area contributed by atoms with Gasteiger partial charge in [0.15, 0.2) is 12.4 Å².